The van der Waals surface area contributed by atoms with Crippen molar-refractivity contribution in [1.29, 1.82) is 0 Å². The number of anilines is 1. The number of carbonyl (C=O) groups excluding carboxylic acids is 2. The fourth-order valence-electron chi connectivity index (χ4n) is 1.58. The second kappa shape index (κ2) is 6.34. The summed E-state index contributed by atoms with van der Waals surface area (Å²) in [4.78, 5) is 34.1. The lowest BCUT2D eigenvalue weighted by Gasteiger charge is -2.18. The number of halogens is 1. The predicted octanol–water partition coefficient (Wildman–Crippen LogP) is 2.28. The number of urea groups is 1. The van der Waals surface area contributed by atoms with Gasteiger partial charge in [0.2, 0.25) is 5.91 Å². The van der Waals surface area contributed by atoms with Crippen molar-refractivity contribution in [3.05, 3.63) is 29.6 Å². The lowest BCUT2D eigenvalue weighted by Crippen LogP contribution is -2.39. The summed E-state index contributed by atoms with van der Waals surface area (Å²) in [5.41, 5.74) is -0.818. The first-order valence-electron chi connectivity index (χ1n) is 6.23. The molecule has 0 heterocycles. The first kappa shape index (κ1) is 16.6. The number of benzene rings is 1. The second-order valence-electron chi connectivity index (χ2n) is 5.30. The predicted molar refractivity (Wildman–Crippen MR) is 74.3 cm³/mol. The lowest BCUT2D eigenvalue weighted by atomic mass is 9.89. The highest BCUT2D eigenvalue weighted by Crippen LogP contribution is 2.20. The Bertz CT molecular complexity index is 564. The van der Waals surface area contributed by atoms with Crippen LogP contribution in [0.1, 0.15) is 25.8 Å². The molecule has 0 spiro atoms. The highest BCUT2D eigenvalue weighted by molar-refractivity contribution is 6.02. The highest BCUT2D eigenvalue weighted by atomic mass is 19.1. The molecule has 7 heteroatoms. The van der Waals surface area contributed by atoms with E-state index in [-0.39, 0.29) is 12.1 Å². The monoisotopic (exact) mass is 296 g/mol. The number of carbonyl (C=O) groups is 3. The van der Waals surface area contributed by atoms with Crippen LogP contribution < -0.4 is 10.6 Å². The molecule has 3 N–H and O–H groups in total. The molecule has 1 aromatic rings. The number of hydrogen-bond donors (Lipinski definition) is 3. The highest BCUT2D eigenvalue weighted by Gasteiger charge is 2.30. The van der Waals surface area contributed by atoms with Crippen molar-refractivity contribution in [3.8, 4) is 0 Å². The van der Waals surface area contributed by atoms with Gasteiger partial charge in [0, 0.05) is 6.42 Å². The number of carboxylic acid groups (broad SMARTS) is 1. The first-order chi connectivity index (χ1) is 9.63. The van der Waals surface area contributed by atoms with Crippen LogP contribution in [0.3, 0.4) is 0 Å². The molecule has 3 amide bonds. The van der Waals surface area contributed by atoms with E-state index < -0.39 is 29.1 Å². The molecular weight excluding hydrogens is 279 g/mol. The molecule has 0 aliphatic heterocycles. The van der Waals surface area contributed by atoms with E-state index in [2.05, 4.69) is 5.32 Å². The van der Waals surface area contributed by atoms with E-state index >= 15 is 0 Å². The molecular formula is C14H17FN2O4. The summed E-state index contributed by atoms with van der Waals surface area (Å²) < 4.78 is 13.5. The molecule has 0 radical (unpaired) electrons. The van der Waals surface area contributed by atoms with Gasteiger partial charge in [0.25, 0.3) is 0 Å². The van der Waals surface area contributed by atoms with E-state index in [0.29, 0.717) is 5.56 Å². The van der Waals surface area contributed by atoms with Crippen LogP contribution in [0.2, 0.25) is 0 Å². The molecule has 1 aromatic carbocycles. The van der Waals surface area contributed by atoms with Gasteiger partial charge in [0.15, 0.2) is 0 Å². The van der Waals surface area contributed by atoms with Crippen LogP contribution in [-0.4, -0.2) is 23.0 Å². The van der Waals surface area contributed by atoms with E-state index in [1.165, 1.54) is 26.0 Å². The van der Waals surface area contributed by atoms with Crippen LogP contribution in [0.5, 0.6) is 0 Å². The Morgan fingerprint density at radius 3 is 2.43 bits per heavy atom. The number of para-hydroxylation sites is 1. The largest absolute Gasteiger partial charge is 0.481 e. The molecule has 0 aliphatic rings. The minimum atomic E-state index is -1.29. The number of aliphatic carboxylic acids is 1. The van der Waals surface area contributed by atoms with Gasteiger partial charge in [-0.2, -0.15) is 0 Å². The Labute approximate surface area is 121 Å². The van der Waals surface area contributed by atoms with E-state index in [9.17, 15) is 18.8 Å². The third-order valence-electron chi connectivity index (χ3n) is 2.89. The Balaban J connectivity index is 2.66. The average molecular weight is 296 g/mol. The van der Waals surface area contributed by atoms with Gasteiger partial charge in [-0.15, -0.1) is 0 Å². The Morgan fingerprint density at radius 2 is 1.90 bits per heavy atom. The molecule has 6 nitrogen and oxygen atoms in total. The molecule has 0 aliphatic carbocycles. The molecule has 0 aromatic heterocycles. The molecule has 114 valence electrons. The number of amides is 3. The van der Waals surface area contributed by atoms with Gasteiger partial charge < -0.3 is 10.4 Å². The average Bonchev–Trinajstić information content (AvgIpc) is 2.32. The SMILES string of the molecule is Cc1cccc(F)c1NC(=O)NC(=O)CC(C)(C)C(=O)O. The van der Waals surface area contributed by atoms with Gasteiger partial charge in [-0.3, -0.25) is 14.9 Å². The van der Waals surface area contributed by atoms with E-state index in [1.807, 2.05) is 5.32 Å². The zero-order valence-corrected chi connectivity index (χ0v) is 12.0. The summed E-state index contributed by atoms with van der Waals surface area (Å²) >= 11 is 0. The zero-order valence-electron chi connectivity index (χ0n) is 12.0. The van der Waals surface area contributed by atoms with E-state index in [1.54, 1.807) is 13.0 Å². The number of aryl methyl sites for hydroxylation is 1. The third-order valence-corrected chi connectivity index (χ3v) is 2.89. The number of imide groups is 1. The van der Waals surface area contributed by atoms with Crippen molar-refractivity contribution in [1.82, 2.24) is 5.32 Å². The van der Waals surface area contributed by atoms with Gasteiger partial charge in [-0.05, 0) is 32.4 Å². The van der Waals surface area contributed by atoms with Crippen LogP contribution >= 0.6 is 0 Å². The summed E-state index contributed by atoms with van der Waals surface area (Å²) in [5, 5.41) is 13.1. The van der Waals surface area contributed by atoms with Crippen molar-refractivity contribution in [2.75, 3.05) is 5.32 Å². The molecule has 0 atom stereocenters. The summed E-state index contributed by atoms with van der Waals surface area (Å²) in [6, 6.07) is 3.37. The van der Waals surface area contributed by atoms with Gasteiger partial charge in [-0.25, -0.2) is 9.18 Å². The quantitative estimate of drug-likeness (QED) is 0.794. The van der Waals surface area contributed by atoms with Crippen molar-refractivity contribution >= 4 is 23.6 Å². The summed E-state index contributed by atoms with van der Waals surface area (Å²) in [6.07, 6.45) is -0.369. The molecule has 0 saturated heterocycles. The Hall–Kier alpha value is -2.44. The van der Waals surface area contributed by atoms with Crippen LogP contribution in [0.15, 0.2) is 18.2 Å². The lowest BCUT2D eigenvalue weighted by molar-refractivity contribution is -0.149. The van der Waals surface area contributed by atoms with Gasteiger partial charge >= 0.3 is 12.0 Å². The molecule has 0 bridgehead atoms. The van der Waals surface area contributed by atoms with E-state index in [4.69, 9.17) is 5.11 Å². The Kier molecular flexibility index (Phi) is 5.02. The van der Waals surface area contributed by atoms with Crippen molar-refractivity contribution < 1.29 is 23.9 Å². The van der Waals surface area contributed by atoms with E-state index in [0.717, 1.165) is 0 Å². The summed E-state index contributed by atoms with van der Waals surface area (Å²) in [5.74, 6) is -2.53. The van der Waals surface area contributed by atoms with Crippen LogP contribution in [0, 0.1) is 18.2 Å². The molecule has 0 unspecified atom stereocenters. The van der Waals surface area contributed by atoms with Crippen molar-refractivity contribution in [2.45, 2.75) is 27.2 Å². The first-order valence-corrected chi connectivity index (χ1v) is 6.23. The van der Waals surface area contributed by atoms with Gasteiger partial charge in [0.1, 0.15) is 5.82 Å². The standard InChI is InChI=1S/C14H17FN2O4/c1-8-5-4-6-9(15)11(8)17-13(21)16-10(18)7-14(2,3)12(19)20/h4-6H,7H2,1-3H3,(H,19,20)(H2,16,17,18,21). The second-order valence-corrected chi connectivity index (χ2v) is 5.30. The third kappa shape index (κ3) is 4.55. The number of rotatable bonds is 4. The van der Waals surface area contributed by atoms with Crippen LogP contribution in [0.25, 0.3) is 0 Å². The van der Waals surface area contributed by atoms with Crippen LogP contribution in [0.4, 0.5) is 14.9 Å². The molecule has 21 heavy (non-hydrogen) atoms. The molecule has 0 fully saturated rings. The number of carboxylic acids is 1. The van der Waals surface area contributed by atoms with Gasteiger partial charge in [-0.1, -0.05) is 12.1 Å². The normalized spacial score (nSPS) is 10.9. The molecule has 1 rings (SSSR count). The Morgan fingerprint density at radius 1 is 1.29 bits per heavy atom. The minimum Gasteiger partial charge on any atom is -0.481 e. The van der Waals surface area contributed by atoms with Crippen molar-refractivity contribution in [2.24, 2.45) is 5.41 Å². The number of hydrogen-bond acceptors (Lipinski definition) is 3. The maximum Gasteiger partial charge on any atom is 0.325 e. The maximum atomic E-state index is 13.5. The summed E-state index contributed by atoms with van der Waals surface area (Å²) in [6.45, 7) is 4.34. The fourth-order valence-corrected chi connectivity index (χ4v) is 1.58. The smallest absolute Gasteiger partial charge is 0.325 e. The van der Waals surface area contributed by atoms with Crippen molar-refractivity contribution in [3.63, 3.8) is 0 Å². The van der Waals surface area contributed by atoms with Gasteiger partial charge in [0.05, 0.1) is 11.1 Å². The number of nitrogens with one attached hydrogen (secondary N) is 2. The topological polar surface area (TPSA) is 95.5 Å². The maximum absolute atomic E-state index is 13.5. The minimum absolute atomic E-state index is 0.0275. The summed E-state index contributed by atoms with van der Waals surface area (Å²) in [7, 11) is 0. The zero-order chi connectivity index (χ0) is 16.2. The molecule has 0 saturated carbocycles. The van der Waals surface area contributed by atoms with Crippen LogP contribution in [-0.2, 0) is 9.59 Å². The fraction of sp³-hybridized carbons (Fsp3) is 0.357.